The molecule has 0 fully saturated rings. The van der Waals surface area contributed by atoms with Gasteiger partial charge in [0, 0.05) is 18.9 Å². The van der Waals surface area contributed by atoms with Gasteiger partial charge in [-0.3, -0.25) is 4.79 Å². The molecule has 0 spiro atoms. The van der Waals surface area contributed by atoms with Crippen LogP contribution in [0.3, 0.4) is 0 Å². The first kappa shape index (κ1) is 14.2. The Bertz CT molecular complexity index is 795. The second kappa shape index (κ2) is 6.01. The van der Waals surface area contributed by atoms with Gasteiger partial charge in [-0.25, -0.2) is 4.98 Å². The highest BCUT2D eigenvalue weighted by Gasteiger charge is 2.31. The Kier molecular flexibility index (Phi) is 3.71. The third-order valence-electron chi connectivity index (χ3n) is 4.30. The van der Waals surface area contributed by atoms with Gasteiger partial charge in [-0.2, -0.15) is 11.3 Å². The second-order valence-corrected chi connectivity index (χ2v) is 6.53. The van der Waals surface area contributed by atoms with Crippen molar-refractivity contribution in [1.82, 2.24) is 14.5 Å². The second-order valence-electron chi connectivity index (χ2n) is 5.75. The summed E-state index contributed by atoms with van der Waals surface area (Å²) >= 11 is 1.63. The van der Waals surface area contributed by atoms with E-state index in [0.717, 1.165) is 17.9 Å². The topological polar surface area (TPSA) is 38.1 Å². The molecule has 0 radical (unpaired) electrons. The van der Waals surface area contributed by atoms with E-state index in [1.54, 1.807) is 11.3 Å². The Hall–Kier alpha value is -2.40. The van der Waals surface area contributed by atoms with Gasteiger partial charge in [-0.1, -0.05) is 30.3 Å². The molecule has 1 unspecified atom stereocenters. The molecule has 1 aliphatic rings. The normalized spacial score (nSPS) is 17.0. The lowest BCUT2D eigenvalue weighted by molar-refractivity contribution is -0.135. The lowest BCUT2D eigenvalue weighted by Crippen LogP contribution is -2.41. The third-order valence-corrected chi connectivity index (χ3v) is 5.03. The molecule has 1 atom stereocenters. The van der Waals surface area contributed by atoms with Crippen LogP contribution >= 0.6 is 11.3 Å². The summed E-state index contributed by atoms with van der Waals surface area (Å²) in [6.07, 6.45) is 4.25. The van der Waals surface area contributed by atoms with Gasteiger partial charge in [-0.05, 0) is 28.0 Å². The van der Waals surface area contributed by atoms with Crippen LogP contribution in [0.2, 0.25) is 0 Å². The number of fused-ring (bicyclic) bond motifs is 1. The highest BCUT2D eigenvalue weighted by molar-refractivity contribution is 7.08. The molecule has 116 valence electrons. The maximum Gasteiger partial charge on any atom is 0.228 e. The molecule has 4 rings (SSSR count). The van der Waals surface area contributed by atoms with E-state index in [9.17, 15) is 4.79 Å². The monoisotopic (exact) mass is 323 g/mol. The summed E-state index contributed by atoms with van der Waals surface area (Å²) in [5.41, 5.74) is 2.26. The standard InChI is InChI=1S/C18H17N3OS/c22-18(10-14-6-9-23-13-14)21-12-17-19-7-8-20(17)11-16(21)15-4-2-1-3-5-15/h1-9,13,16H,10-12H2. The average Bonchev–Trinajstić information content (AvgIpc) is 3.25. The molecule has 0 saturated heterocycles. The first-order valence-electron chi connectivity index (χ1n) is 7.67. The number of benzene rings is 1. The summed E-state index contributed by atoms with van der Waals surface area (Å²) < 4.78 is 2.14. The lowest BCUT2D eigenvalue weighted by atomic mass is 10.0. The summed E-state index contributed by atoms with van der Waals surface area (Å²) in [5.74, 6) is 1.11. The van der Waals surface area contributed by atoms with Crippen LogP contribution in [-0.4, -0.2) is 20.4 Å². The van der Waals surface area contributed by atoms with E-state index in [2.05, 4.69) is 21.7 Å². The Labute approximate surface area is 139 Å². The largest absolute Gasteiger partial charge is 0.331 e. The fraction of sp³-hybridized carbons (Fsp3) is 0.222. The van der Waals surface area contributed by atoms with E-state index >= 15 is 0 Å². The first-order chi connectivity index (χ1) is 11.3. The van der Waals surface area contributed by atoms with Crippen molar-refractivity contribution in [1.29, 1.82) is 0 Å². The number of carbonyl (C=O) groups excluding carboxylic acids is 1. The van der Waals surface area contributed by atoms with Crippen LogP contribution in [0.5, 0.6) is 0 Å². The Morgan fingerprint density at radius 3 is 2.91 bits per heavy atom. The number of amides is 1. The van der Waals surface area contributed by atoms with Gasteiger partial charge in [0.15, 0.2) is 0 Å². The van der Waals surface area contributed by atoms with Crippen molar-refractivity contribution in [2.75, 3.05) is 0 Å². The summed E-state index contributed by atoms with van der Waals surface area (Å²) in [6, 6.07) is 12.3. The average molecular weight is 323 g/mol. The zero-order chi connectivity index (χ0) is 15.6. The van der Waals surface area contributed by atoms with Crippen molar-refractivity contribution in [2.24, 2.45) is 0 Å². The molecule has 2 aromatic heterocycles. The fourth-order valence-corrected chi connectivity index (χ4v) is 3.77. The molecule has 5 heteroatoms. The molecule has 23 heavy (non-hydrogen) atoms. The molecule has 3 aromatic rings. The summed E-state index contributed by atoms with van der Waals surface area (Å²) in [7, 11) is 0. The third kappa shape index (κ3) is 2.80. The van der Waals surface area contributed by atoms with E-state index < -0.39 is 0 Å². The number of aromatic nitrogens is 2. The van der Waals surface area contributed by atoms with E-state index in [-0.39, 0.29) is 11.9 Å². The van der Waals surface area contributed by atoms with Crippen LogP contribution in [0.4, 0.5) is 0 Å². The van der Waals surface area contributed by atoms with E-state index in [1.165, 1.54) is 5.56 Å². The van der Waals surface area contributed by atoms with Crippen molar-refractivity contribution in [3.8, 4) is 0 Å². The number of carbonyl (C=O) groups is 1. The predicted octanol–water partition coefficient (Wildman–Crippen LogP) is 3.27. The van der Waals surface area contributed by atoms with Crippen LogP contribution in [0, 0.1) is 0 Å². The molecule has 4 nitrogen and oxygen atoms in total. The number of imidazole rings is 1. The summed E-state index contributed by atoms with van der Waals surface area (Å²) in [4.78, 5) is 19.2. The maximum absolute atomic E-state index is 12.9. The van der Waals surface area contributed by atoms with Crippen molar-refractivity contribution >= 4 is 17.2 Å². The molecule has 1 aliphatic heterocycles. The highest BCUT2D eigenvalue weighted by atomic mass is 32.1. The number of nitrogens with zero attached hydrogens (tertiary/aromatic N) is 3. The van der Waals surface area contributed by atoms with Crippen molar-refractivity contribution in [2.45, 2.75) is 25.6 Å². The zero-order valence-electron chi connectivity index (χ0n) is 12.6. The van der Waals surface area contributed by atoms with Crippen molar-refractivity contribution in [3.63, 3.8) is 0 Å². The molecule has 1 amide bonds. The van der Waals surface area contributed by atoms with E-state index in [4.69, 9.17) is 0 Å². The van der Waals surface area contributed by atoms with E-state index in [0.29, 0.717) is 13.0 Å². The van der Waals surface area contributed by atoms with Crippen molar-refractivity contribution in [3.05, 3.63) is 76.5 Å². The number of hydrogen-bond acceptors (Lipinski definition) is 3. The Morgan fingerprint density at radius 2 is 2.13 bits per heavy atom. The van der Waals surface area contributed by atoms with Gasteiger partial charge in [0.05, 0.1) is 19.0 Å². The summed E-state index contributed by atoms with van der Waals surface area (Å²) in [6.45, 7) is 1.32. The minimum Gasteiger partial charge on any atom is -0.331 e. The molecule has 0 N–H and O–H groups in total. The fourth-order valence-electron chi connectivity index (χ4n) is 3.10. The quantitative estimate of drug-likeness (QED) is 0.742. The predicted molar refractivity (Wildman–Crippen MR) is 90.0 cm³/mol. The Balaban J connectivity index is 1.65. The highest BCUT2D eigenvalue weighted by Crippen LogP contribution is 2.29. The molecular weight excluding hydrogens is 306 g/mol. The smallest absolute Gasteiger partial charge is 0.228 e. The first-order valence-corrected chi connectivity index (χ1v) is 8.61. The molecular formula is C18H17N3OS. The van der Waals surface area contributed by atoms with Crippen molar-refractivity contribution < 1.29 is 4.79 Å². The Morgan fingerprint density at radius 1 is 1.26 bits per heavy atom. The van der Waals surface area contributed by atoms with Crippen LogP contribution < -0.4 is 0 Å². The molecule has 0 saturated carbocycles. The molecule has 1 aromatic carbocycles. The van der Waals surface area contributed by atoms with Gasteiger partial charge >= 0.3 is 0 Å². The van der Waals surface area contributed by atoms with Crippen LogP contribution in [0.1, 0.15) is 23.0 Å². The van der Waals surface area contributed by atoms with Crippen LogP contribution in [0.15, 0.2) is 59.6 Å². The van der Waals surface area contributed by atoms with Crippen LogP contribution in [0.25, 0.3) is 0 Å². The van der Waals surface area contributed by atoms with Gasteiger partial charge in [-0.15, -0.1) is 0 Å². The van der Waals surface area contributed by atoms with Gasteiger partial charge in [0.1, 0.15) is 5.82 Å². The molecule has 0 bridgehead atoms. The minimum absolute atomic E-state index is 0.0593. The zero-order valence-corrected chi connectivity index (χ0v) is 13.4. The molecule has 3 heterocycles. The van der Waals surface area contributed by atoms with Gasteiger partial charge in [0.25, 0.3) is 0 Å². The number of rotatable bonds is 3. The maximum atomic E-state index is 12.9. The summed E-state index contributed by atoms with van der Waals surface area (Å²) in [5, 5.41) is 4.06. The minimum atomic E-state index is 0.0593. The van der Waals surface area contributed by atoms with Gasteiger partial charge < -0.3 is 9.47 Å². The SMILES string of the molecule is O=C(Cc1ccsc1)N1Cc2nccn2CC1c1ccccc1. The number of thiophene rings is 1. The lowest BCUT2D eigenvalue weighted by Gasteiger charge is -2.36. The van der Waals surface area contributed by atoms with E-state index in [1.807, 2.05) is 52.3 Å². The van der Waals surface area contributed by atoms with Crippen LogP contribution in [-0.2, 0) is 24.3 Å². The van der Waals surface area contributed by atoms with Gasteiger partial charge in [0.2, 0.25) is 5.91 Å². The molecule has 0 aliphatic carbocycles. The number of hydrogen-bond donors (Lipinski definition) is 0.